The summed E-state index contributed by atoms with van der Waals surface area (Å²) in [6.07, 6.45) is 0.704. The van der Waals surface area contributed by atoms with Crippen molar-refractivity contribution < 1.29 is 9.90 Å². The van der Waals surface area contributed by atoms with Crippen LogP contribution >= 0.6 is 11.8 Å². The minimum atomic E-state index is -1.01. The van der Waals surface area contributed by atoms with E-state index in [4.69, 9.17) is 5.11 Å². The zero-order valence-electron chi connectivity index (χ0n) is 9.43. The van der Waals surface area contributed by atoms with Gasteiger partial charge >= 0.3 is 6.09 Å². The largest absolute Gasteiger partial charge is 0.465 e. The summed E-state index contributed by atoms with van der Waals surface area (Å²) in [5.74, 6) is 1.63. The molecule has 0 unspecified atom stereocenters. The molecular weight excluding hydrogens is 224 g/mol. The molecule has 0 atom stereocenters. The van der Waals surface area contributed by atoms with E-state index in [-0.39, 0.29) is 0 Å². The van der Waals surface area contributed by atoms with Gasteiger partial charge in [-0.2, -0.15) is 0 Å². The maximum atomic E-state index is 10.3. The fourth-order valence-corrected chi connectivity index (χ4v) is 1.94. The first kappa shape index (κ1) is 12.8. The average Bonchev–Trinajstić information content (AvgIpc) is 2.24. The van der Waals surface area contributed by atoms with Gasteiger partial charge in [0.05, 0.1) is 5.03 Å². The molecule has 0 saturated carbocycles. The number of nitrogens with one attached hydrogen (secondary N) is 1. The average molecular weight is 240 g/mol. The van der Waals surface area contributed by atoms with Gasteiger partial charge in [0.1, 0.15) is 0 Å². The molecule has 0 bridgehead atoms. The number of thioether (sulfide) groups is 1. The molecule has 88 valence electrons. The Balaban J connectivity index is 2.53. The van der Waals surface area contributed by atoms with Crippen LogP contribution in [0.5, 0.6) is 0 Å². The molecule has 1 rings (SSSR count). The van der Waals surface area contributed by atoms with E-state index < -0.39 is 6.09 Å². The zero-order chi connectivity index (χ0) is 12.0. The van der Waals surface area contributed by atoms with Crippen LogP contribution in [0, 0.1) is 5.92 Å². The van der Waals surface area contributed by atoms with Crippen LogP contribution in [0.25, 0.3) is 0 Å². The number of hydrogen-bond acceptors (Lipinski definition) is 3. The molecule has 0 aliphatic rings. The molecule has 0 aromatic carbocycles. The topological polar surface area (TPSA) is 62.2 Å². The van der Waals surface area contributed by atoms with Crippen LogP contribution in [0.15, 0.2) is 23.4 Å². The third-order valence-electron chi connectivity index (χ3n) is 1.81. The van der Waals surface area contributed by atoms with Gasteiger partial charge in [0.2, 0.25) is 0 Å². The molecule has 16 heavy (non-hydrogen) atoms. The van der Waals surface area contributed by atoms with E-state index in [1.54, 1.807) is 18.0 Å². The van der Waals surface area contributed by atoms with Crippen molar-refractivity contribution >= 4 is 17.9 Å². The first-order valence-electron chi connectivity index (χ1n) is 5.12. The minimum absolute atomic E-state index is 0.326. The molecule has 5 heteroatoms. The van der Waals surface area contributed by atoms with E-state index in [2.05, 4.69) is 24.1 Å². The maximum absolute atomic E-state index is 10.3. The third-order valence-corrected chi connectivity index (χ3v) is 3.16. The highest BCUT2D eigenvalue weighted by atomic mass is 32.2. The number of nitrogens with zero attached hydrogens (tertiary/aromatic N) is 1. The van der Waals surface area contributed by atoms with E-state index in [1.807, 2.05) is 12.1 Å². The number of carboxylic acid groups (broad SMARTS) is 1. The minimum Gasteiger partial charge on any atom is -0.465 e. The van der Waals surface area contributed by atoms with Crippen molar-refractivity contribution in [3.8, 4) is 0 Å². The molecule has 0 aliphatic heterocycles. The molecule has 1 aromatic heterocycles. The molecule has 0 radical (unpaired) electrons. The quantitative estimate of drug-likeness (QED) is 0.777. The van der Waals surface area contributed by atoms with Gasteiger partial charge in [-0.05, 0) is 23.6 Å². The summed E-state index contributed by atoms with van der Waals surface area (Å²) < 4.78 is 0. The molecule has 4 nitrogen and oxygen atoms in total. The van der Waals surface area contributed by atoms with Gasteiger partial charge in [-0.25, -0.2) is 9.78 Å². The van der Waals surface area contributed by atoms with E-state index in [9.17, 15) is 4.79 Å². The van der Waals surface area contributed by atoms with Crippen LogP contribution in [-0.4, -0.2) is 21.9 Å². The van der Waals surface area contributed by atoms with Gasteiger partial charge < -0.3 is 10.4 Å². The fraction of sp³-hybridized carbons (Fsp3) is 0.455. The number of hydrogen-bond donors (Lipinski definition) is 2. The second kappa shape index (κ2) is 6.37. The molecular formula is C11H16N2O2S. The van der Waals surface area contributed by atoms with Crippen molar-refractivity contribution in [2.45, 2.75) is 25.4 Å². The van der Waals surface area contributed by atoms with E-state index in [1.165, 1.54) is 0 Å². The monoisotopic (exact) mass is 240 g/mol. The van der Waals surface area contributed by atoms with Crippen LogP contribution < -0.4 is 5.32 Å². The van der Waals surface area contributed by atoms with Crippen molar-refractivity contribution in [2.24, 2.45) is 5.92 Å². The van der Waals surface area contributed by atoms with Crippen molar-refractivity contribution in [2.75, 3.05) is 5.75 Å². The fourth-order valence-electron chi connectivity index (χ4n) is 1.07. The van der Waals surface area contributed by atoms with Gasteiger partial charge in [0, 0.05) is 18.5 Å². The third kappa shape index (κ3) is 5.02. The maximum Gasteiger partial charge on any atom is 0.404 e. The first-order chi connectivity index (χ1) is 7.58. The normalized spacial score (nSPS) is 10.4. The summed E-state index contributed by atoms with van der Waals surface area (Å²) in [6, 6.07) is 3.73. The highest BCUT2D eigenvalue weighted by molar-refractivity contribution is 7.99. The molecule has 2 N–H and O–H groups in total. The van der Waals surface area contributed by atoms with Crippen molar-refractivity contribution in [3.63, 3.8) is 0 Å². The SMILES string of the molecule is CC(C)CSc1cc(CNC(=O)O)ccn1. The lowest BCUT2D eigenvalue weighted by molar-refractivity contribution is 0.194. The Hall–Kier alpha value is -1.23. The summed E-state index contributed by atoms with van der Waals surface area (Å²) in [5, 5.41) is 11.8. The van der Waals surface area contributed by atoms with Crippen molar-refractivity contribution in [1.82, 2.24) is 10.3 Å². The summed E-state index contributed by atoms with van der Waals surface area (Å²) >= 11 is 1.69. The molecule has 0 fully saturated rings. The summed E-state index contributed by atoms with van der Waals surface area (Å²) in [4.78, 5) is 14.6. The number of amides is 1. The highest BCUT2D eigenvalue weighted by Gasteiger charge is 2.01. The first-order valence-corrected chi connectivity index (χ1v) is 6.11. The van der Waals surface area contributed by atoms with E-state index >= 15 is 0 Å². The van der Waals surface area contributed by atoms with Gasteiger partial charge in [0.25, 0.3) is 0 Å². The standard InChI is InChI=1S/C11H16N2O2S/c1-8(2)7-16-10-5-9(3-4-12-10)6-13-11(14)15/h3-5,8,13H,6-7H2,1-2H3,(H,14,15). The number of rotatable bonds is 5. The molecule has 1 amide bonds. The summed E-state index contributed by atoms with van der Waals surface area (Å²) in [7, 11) is 0. The lowest BCUT2D eigenvalue weighted by atomic mass is 10.3. The van der Waals surface area contributed by atoms with Crippen molar-refractivity contribution in [1.29, 1.82) is 0 Å². The smallest absolute Gasteiger partial charge is 0.404 e. The number of carbonyl (C=O) groups is 1. The highest BCUT2D eigenvalue weighted by Crippen LogP contribution is 2.18. The van der Waals surface area contributed by atoms with Gasteiger partial charge in [-0.1, -0.05) is 13.8 Å². The Kier molecular flexibility index (Phi) is 5.11. The van der Waals surface area contributed by atoms with Crippen LogP contribution in [0.3, 0.4) is 0 Å². The van der Waals surface area contributed by atoms with E-state index in [0.29, 0.717) is 12.5 Å². The lowest BCUT2D eigenvalue weighted by Crippen LogP contribution is -2.19. The van der Waals surface area contributed by atoms with E-state index in [0.717, 1.165) is 16.3 Å². The molecule has 1 aromatic rings. The zero-order valence-corrected chi connectivity index (χ0v) is 10.3. The van der Waals surface area contributed by atoms with Gasteiger partial charge in [-0.3, -0.25) is 0 Å². The number of aromatic nitrogens is 1. The molecule has 0 spiro atoms. The molecule has 1 heterocycles. The molecule has 0 aliphatic carbocycles. The van der Waals surface area contributed by atoms with Gasteiger partial charge in [0.15, 0.2) is 0 Å². The summed E-state index contributed by atoms with van der Waals surface area (Å²) in [6.45, 7) is 4.64. The Morgan fingerprint density at radius 1 is 1.62 bits per heavy atom. The van der Waals surface area contributed by atoms with Crippen LogP contribution in [-0.2, 0) is 6.54 Å². The van der Waals surface area contributed by atoms with Crippen LogP contribution in [0.2, 0.25) is 0 Å². The van der Waals surface area contributed by atoms with Crippen LogP contribution in [0.4, 0.5) is 4.79 Å². The lowest BCUT2D eigenvalue weighted by Gasteiger charge is -2.06. The Morgan fingerprint density at radius 3 is 3.00 bits per heavy atom. The Bertz CT molecular complexity index is 356. The van der Waals surface area contributed by atoms with Crippen molar-refractivity contribution in [3.05, 3.63) is 23.9 Å². The Labute approximate surface area is 99.5 Å². The number of pyridine rings is 1. The second-order valence-corrected chi connectivity index (χ2v) is 4.91. The molecule has 0 saturated heterocycles. The Morgan fingerprint density at radius 2 is 2.38 bits per heavy atom. The second-order valence-electron chi connectivity index (χ2n) is 3.87. The van der Waals surface area contributed by atoms with Gasteiger partial charge in [-0.15, -0.1) is 11.8 Å². The predicted molar refractivity (Wildman–Crippen MR) is 64.7 cm³/mol. The predicted octanol–water partition coefficient (Wildman–Crippen LogP) is 2.60. The summed E-state index contributed by atoms with van der Waals surface area (Å²) in [5.41, 5.74) is 0.934. The van der Waals surface area contributed by atoms with Crippen LogP contribution in [0.1, 0.15) is 19.4 Å².